The standard InChI is InChI=1S/C23H27ClN4O3S/c1-13-19(15(3)29)14(2)25-20(13)21(30)16(4)32-23-27-26-22(28(23)11-8-12-31-5)17-9-6-7-10-18(17)24/h6-7,9-10,16,25H,8,11-12H2,1-5H3/t16-/m1/s1. The third-order valence-corrected chi connectivity index (χ3v) is 6.66. The summed E-state index contributed by atoms with van der Waals surface area (Å²) < 4.78 is 7.17. The summed E-state index contributed by atoms with van der Waals surface area (Å²) in [7, 11) is 1.66. The number of nitrogens with one attached hydrogen (secondary N) is 1. The maximum absolute atomic E-state index is 13.2. The average molecular weight is 475 g/mol. The lowest BCUT2D eigenvalue weighted by Gasteiger charge is -2.13. The number of rotatable bonds is 10. The quantitative estimate of drug-likeness (QED) is 0.248. The van der Waals surface area contributed by atoms with Crippen molar-refractivity contribution in [3.05, 3.63) is 51.8 Å². The number of ether oxygens (including phenoxy) is 1. The van der Waals surface area contributed by atoms with E-state index in [2.05, 4.69) is 15.2 Å². The lowest BCUT2D eigenvalue weighted by molar-refractivity contribution is 0.0988. The molecule has 0 aliphatic heterocycles. The molecule has 0 fully saturated rings. The molecule has 7 nitrogen and oxygen atoms in total. The van der Waals surface area contributed by atoms with E-state index in [-0.39, 0.29) is 11.6 Å². The van der Waals surface area contributed by atoms with Crippen LogP contribution in [0, 0.1) is 13.8 Å². The van der Waals surface area contributed by atoms with Gasteiger partial charge in [-0.2, -0.15) is 0 Å². The SMILES string of the molecule is COCCCn1c(S[C@H](C)C(=O)c2[nH]c(C)c(C(C)=O)c2C)nnc1-c1ccccc1Cl. The molecule has 3 aromatic rings. The number of aromatic nitrogens is 4. The van der Waals surface area contributed by atoms with E-state index in [1.165, 1.54) is 18.7 Å². The van der Waals surface area contributed by atoms with Crippen LogP contribution < -0.4 is 0 Å². The van der Waals surface area contributed by atoms with Gasteiger partial charge in [-0.3, -0.25) is 9.59 Å². The summed E-state index contributed by atoms with van der Waals surface area (Å²) in [4.78, 5) is 28.2. The summed E-state index contributed by atoms with van der Waals surface area (Å²) >= 11 is 7.73. The number of H-pyrrole nitrogens is 1. The number of halogens is 1. The Kier molecular flexibility index (Phi) is 7.92. The van der Waals surface area contributed by atoms with Crippen molar-refractivity contribution in [1.29, 1.82) is 0 Å². The van der Waals surface area contributed by atoms with Gasteiger partial charge in [0.1, 0.15) is 0 Å². The highest BCUT2D eigenvalue weighted by Crippen LogP contribution is 2.32. The fourth-order valence-corrected chi connectivity index (χ4v) is 4.88. The molecule has 0 saturated heterocycles. The second kappa shape index (κ2) is 10.5. The molecule has 2 aromatic heterocycles. The molecule has 0 amide bonds. The first-order valence-corrected chi connectivity index (χ1v) is 11.6. The lowest BCUT2D eigenvalue weighted by atomic mass is 10.0. The summed E-state index contributed by atoms with van der Waals surface area (Å²) in [6, 6.07) is 7.48. The van der Waals surface area contributed by atoms with Gasteiger partial charge >= 0.3 is 0 Å². The van der Waals surface area contributed by atoms with Gasteiger partial charge in [0.05, 0.1) is 16.0 Å². The van der Waals surface area contributed by atoms with Crippen LogP contribution >= 0.6 is 23.4 Å². The minimum Gasteiger partial charge on any atom is -0.385 e. The molecule has 0 aliphatic rings. The number of aryl methyl sites for hydroxylation is 1. The van der Waals surface area contributed by atoms with Crippen LogP contribution in [0.5, 0.6) is 0 Å². The maximum atomic E-state index is 13.2. The van der Waals surface area contributed by atoms with Gasteiger partial charge in [-0.1, -0.05) is 35.5 Å². The monoisotopic (exact) mass is 474 g/mol. The first kappa shape index (κ1) is 24.2. The number of methoxy groups -OCH3 is 1. The van der Waals surface area contributed by atoms with E-state index in [0.29, 0.717) is 51.7 Å². The first-order valence-electron chi connectivity index (χ1n) is 10.3. The Morgan fingerprint density at radius 1 is 1.25 bits per heavy atom. The van der Waals surface area contributed by atoms with Crippen molar-refractivity contribution >= 4 is 34.9 Å². The Bertz CT molecular complexity index is 1140. The van der Waals surface area contributed by atoms with Gasteiger partial charge in [0.2, 0.25) is 0 Å². The molecule has 0 spiro atoms. The number of hydrogen-bond donors (Lipinski definition) is 1. The van der Waals surface area contributed by atoms with E-state index in [1.807, 2.05) is 35.8 Å². The number of thioether (sulfide) groups is 1. The van der Waals surface area contributed by atoms with Crippen molar-refractivity contribution in [2.24, 2.45) is 0 Å². The fraction of sp³-hybridized carbons (Fsp3) is 0.391. The highest BCUT2D eigenvalue weighted by atomic mass is 35.5. The predicted molar refractivity (Wildman–Crippen MR) is 127 cm³/mol. The van der Waals surface area contributed by atoms with Gasteiger partial charge in [0.25, 0.3) is 0 Å². The van der Waals surface area contributed by atoms with E-state index >= 15 is 0 Å². The zero-order valence-electron chi connectivity index (χ0n) is 18.9. The van der Waals surface area contributed by atoms with Gasteiger partial charge in [0.15, 0.2) is 22.5 Å². The van der Waals surface area contributed by atoms with Crippen LogP contribution in [0.25, 0.3) is 11.4 Å². The molecule has 0 unspecified atom stereocenters. The predicted octanol–water partition coefficient (Wildman–Crippen LogP) is 5.15. The highest BCUT2D eigenvalue weighted by Gasteiger charge is 2.26. The summed E-state index contributed by atoms with van der Waals surface area (Å²) in [6.45, 7) is 8.16. The topological polar surface area (TPSA) is 89.9 Å². The molecular formula is C23H27ClN4O3S. The van der Waals surface area contributed by atoms with Crippen LogP contribution in [-0.2, 0) is 11.3 Å². The van der Waals surface area contributed by atoms with Gasteiger partial charge in [-0.15, -0.1) is 10.2 Å². The number of ketones is 2. The van der Waals surface area contributed by atoms with Crippen molar-refractivity contribution in [3.8, 4) is 11.4 Å². The summed E-state index contributed by atoms with van der Waals surface area (Å²) in [5.74, 6) is 0.506. The van der Waals surface area contributed by atoms with E-state index in [9.17, 15) is 9.59 Å². The van der Waals surface area contributed by atoms with Gasteiger partial charge in [0, 0.05) is 37.1 Å². The molecule has 2 heterocycles. The second-order valence-electron chi connectivity index (χ2n) is 7.59. The van der Waals surface area contributed by atoms with Crippen molar-refractivity contribution < 1.29 is 14.3 Å². The highest BCUT2D eigenvalue weighted by molar-refractivity contribution is 8.00. The fourth-order valence-electron chi connectivity index (χ4n) is 3.73. The van der Waals surface area contributed by atoms with E-state index in [4.69, 9.17) is 16.3 Å². The molecule has 32 heavy (non-hydrogen) atoms. The molecule has 0 saturated carbocycles. The zero-order valence-corrected chi connectivity index (χ0v) is 20.4. The molecule has 3 rings (SSSR count). The lowest BCUT2D eigenvalue weighted by Crippen LogP contribution is -2.17. The molecule has 0 aliphatic carbocycles. The van der Waals surface area contributed by atoms with Gasteiger partial charge in [-0.25, -0.2) is 0 Å². The van der Waals surface area contributed by atoms with Crippen LogP contribution in [0.15, 0.2) is 29.4 Å². The van der Waals surface area contributed by atoms with Crippen molar-refractivity contribution in [2.45, 2.75) is 51.1 Å². The van der Waals surface area contributed by atoms with Crippen molar-refractivity contribution in [2.75, 3.05) is 13.7 Å². The Hall–Kier alpha value is -2.42. The number of carbonyl (C=O) groups excluding carboxylic acids is 2. The molecule has 9 heteroatoms. The summed E-state index contributed by atoms with van der Waals surface area (Å²) in [6.07, 6.45) is 0.763. The second-order valence-corrected chi connectivity index (χ2v) is 9.30. The third kappa shape index (κ3) is 4.98. The Balaban J connectivity index is 1.91. The van der Waals surface area contributed by atoms with Gasteiger partial charge in [-0.05, 0) is 51.8 Å². The number of nitrogens with zero attached hydrogens (tertiary/aromatic N) is 3. The Morgan fingerprint density at radius 2 is 1.97 bits per heavy atom. The van der Waals surface area contributed by atoms with Crippen LogP contribution in [0.1, 0.15) is 52.4 Å². The number of carbonyl (C=O) groups is 2. The third-order valence-electron chi connectivity index (χ3n) is 5.25. The minimum absolute atomic E-state index is 0.0575. The van der Waals surface area contributed by atoms with Crippen molar-refractivity contribution in [3.63, 3.8) is 0 Å². The molecular weight excluding hydrogens is 448 g/mol. The minimum atomic E-state index is -0.434. The molecule has 1 atom stereocenters. The molecule has 1 N–H and O–H groups in total. The first-order chi connectivity index (χ1) is 15.3. The Morgan fingerprint density at radius 3 is 2.59 bits per heavy atom. The van der Waals surface area contributed by atoms with Crippen LogP contribution in [-0.4, -0.2) is 50.3 Å². The summed E-state index contributed by atoms with van der Waals surface area (Å²) in [5, 5.41) is 9.52. The Labute approximate surface area is 196 Å². The normalized spacial score (nSPS) is 12.2. The molecule has 0 bridgehead atoms. The maximum Gasteiger partial charge on any atom is 0.192 e. The molecule has 170 valence electrons. The molecule has 0 radical (unpaired) electrons. The number of Topliss-reactive ketones (excluding diaryl/α,β-unsaturated/α-hetero) is 2. The number of hydrogen-bond acceptors (Lipinski definition) is 6. The van der Waals surface area contributed by atoms with E-state index in [1.54, 1.807) is 21.0 Å². The van der Waals surface area contributed by atoms with Crippen LogP contribution in [0.2, 0.25) is 5.02 Å². The molecule has 1 aromatic carbocycles. The van der Waals surface area contributed by atoms with Crippen LogP contribution in [0.3, 0.4) is 0 Å². The number of benzene rings is 1. The van der Waals surface area contributed by atoms with Crippen LogP contribution in [0.4, 0.5) is 0 Å². The van der Waals surface area contributed by atoms with E-state index in [0.717, 1.165) is 12.0 Å². The van der Waals surface area contributed by atoms with Crippen molar-refractivity contribution in [1.82, 2.24) is 19.7 Å². The van der Waals surface area contributed by atoms with E-state index < -0.39 is 5.25 Å². The largest absolute Gasteiger partial charge is 0.385 e. The number of aromatic amines is 1. The van der Waals surface area contributed by atoms with Gasteiger partial charge < -0.3 is 14.3 Å². The average Bonchev–Trinajstić information content (AvgIpc) is 3.27. The zero-order chi connectivity index (χ0) is 23.4. The summed E-state index contributed by atoms with van der Waals surface area (Å²) in [5.41, 5.74) is 3.22. The smallest absolute Gasteiger partial charge is 0.192 e.